The van der Waals surface area contributed by atoms with E-state index >= 15 is 0 Å². The molecule has 0 fully saturated rings. The Morgan fingerprint density at radius 3 is 2.28 bits per heavy atom. The maximum Gasteiger partial charge on any atom is 0.244 e. The van der Waals surface area contributed by atoms with Gasteiger partial charge in [0.05, 0.1) is 0 Å². The number of amides is 2. The van der Waals surface area contributed by atoms with Crippen LogP contribution in [0.15, 0.2) is 30.3 Å². The predicted molar refractivity (Wildman–Crippen MR) is 71.3 cm³/mol. The topological polar surface area (TPSA) is 98.2 Å². The molecule has 0 saturated carbocycles. The number of nitrogen functional groups attached to an aromatic ring is 1. The van der Waals surface area contributed by atoms with Crippen LogP contribution >= 0.6 is 0 Å². The van der Waals surface area contributed by atoms with Crippen LogP contribution in [0, 0.1) is 0 Å². The number of rotatable bonds is 4. The fourth-order valence-electron chi connectivity index (χ4n) is 1.19. The number of hydrogen-bond acceptors (Lipinski definition) is 3. The first-order valence-corrected chi connectivity index (χ1v) is 5.47. The van der Waals surface area contributed by atoms with Crippen molar-refractivity contribution in [3.8, 4) is 0 Å². The minimum atomic E-state index is -1.07. The molecule has 0 unspecified atom stereocenters. The first-order chi connectivity index (χ1) is 8.31. The first-order valence-electron chi connectivity index (χ1n) is 5.47. The number of benzene rings is 1. The summed E-state index contributed by atoms with van der Waals surface area (Å²) in [7, 11) is 0. The number of carbonyl (C=O) groups is 2. The van der Waals surface area contributed by atoms with Crippen molar-refractivity contribution < 1.29 is 9.59 Å². The summed E-state index contributed by atoms with van der Waals surface area (Å²) in [5.41, 5.74) is 11.1. The highest BCUT2D eigenvalue weighted by Gasteiger charge is 2.25. The lowest BCUT2D eigenvalue weighted by Gasteiger charge is -2.20. The zero-order chi connectivity index (χ0) is 13.8. The van der Waals surface area contributed by atoms with Crippen molar-refractivity contribution in [1.82, 2.24) is 5.32 Å². The summed E-state index contributed by atoms with van der Waals surface area (Å²) >= 11 is 0. The summed E-state index contributed by atoms with van der Waals surface area (Å²) in [6.07, 6.45) is 2.97. The maximum absolute atomic E-state index is 11.6. The molecule has 96 valence electrons. The van der Waals surface area contributed by atoms with E-state index in [0.717, 1.165) is 5.56 Å². The third kappa shape index (κ3) is 3.93. The number of hydrogen-bond donors (Lipinski definition) is 3. The van der Waals surface area contributed by atoms with E-state index in [4.69, 9.17) is 11.5 Å². The van der Waals surface area contributed by atoms with Crippen LogP contribution in [0.5, 0.6) is 0 Å². The lowest BCUT2D eigenvalue weighted by Crippen LogP contribution is -2.52. The molecule has 0 atom stereocenters. The van der Waals surface area contributed by atoms with Crippen LogP contribution in [0.25, 0.3) is 6.08 Å². The summed E-state index contributed by atoms with van der Waals surface area (Å²) in [5, 5.41) is 2.51. The number of nitrogens with two attached hydrogens (primary N) is 2. The summed E-state index contributed by atoms with van der Waals surface area (Å²) in [6.45, 7) is 3.09. The van der Waals surface area contributed by atoms with Crippen LogP contribution in [-0.4, -0.2) is 17.4 Å². The Labute approximate surface area is 106 Å². The van der Waals surface area contributed by atoms with Gasteiger partial charge in [0.25, 0.3) is 0 Å². The van der Waals surface area contributed by atoms with Crippen molar-refractivity contribution in [2.75, 3.05) is 5.73 Å². The molecule has 0 aliphatic carbocycles. The van der Waals surface area contributed by atoms with Crippen LogP contribution in [0.3, 0.4) is 0 Å². The van der Waals surface area contributed by atoms with Crippen molar-refractivity contribution in [2.24, 2.45) is 5.73 Å². The molecule has 0 saturated heterocycles. The van der Waals surface area contributed by atoms with Crippen molar-refractivity contribution in [2.45, 2.75) is 19.4 Å². The van der Waals surface area contributed by atoms with Gasteiger partial charge >= 0.3 is 0 Å². The highest BCUT2D eigenvalue weighted by atomic mass is 16.2. The van der Waals surface area contributed by atoms with Crippen LogP contribution < -0.4 is 16.8 Å². The van der Waals surface area contributed by atoms with E-state index in [9.17, 15) is 9.59 Å². The molecule has 5 nitrogen and oxygen atoms in total. The van der Waals surface area contributed by atoms with Crippen molar-refractivity contribution in [1.29, 1.82) is 0 Å². The number of nitrogens with one attached hydrogen (secondary N) is 1. The maximum atomic E-state index is 11.6. The van der Waals surface area contributed by atoms with Gasteiger partial charge in [0.2, 0.25) is 11.8 Å². The Morgan fingerprint density at radius 2 is 1.78 bits per heavy atom. The fraction of sp³-hybridized carbons (Fsp3) is 0.231. The zero-order valence-corrected chi connectivity index (χ0v) is 10.4. The standard InChI is InChI=1S/C13H17N3O2/c1-13(2,12(15)18)16-11(17)8-5-9-3-6-10(14)7-4-9/h3-8H,14H2,1-2H3,(H2,15,18)(H,16,17)/b8-5+. The fourth-order valence-corrected chi connectivity index (χ4v) is 1.19. The van der Waals surface area contributed by atoms with Gasteiger partial charge in [-0.15, -0.1) is 0 Å². The largest absolute Gasteiger partial charge is 0.399 e. The minimum absolute atomic E-state index is 0.379. The second kappa shape index (κ2) is 5.35. The zero-order valence-electron chi connectivity index (χ0n) is 10.4. The predicted octanol–water partition coefficient (Wildman–Crippen LogP) is 0.662. The number of anilines is 1. The molecule has 18 heavy (non-hydrogen) atoms. The third-order valence-corrected chi connectivity index (χ3v) is 2.42. The Kier molecular flexibility index (Phi) is 4.09. The second-order valence-corrected chi connectivity index (χ2v) is 4.48. The van der Waals surface area contributed by atoms with Gasteiger partial charge in [-0.25, -0.2) is 0 Å². The minimum Gasteiger partial charge on any atom is -0.399 e. The van der Waals surface area contributed by atoms with E-state index in [-0.39, 0.29) is 5.91 Å². The molecule has 0 bridgehead atoms. The van der Waals surface area contributed by atoms with E-state index in [1.165, 1.54) is 6.08 Å². The van der Waals surface area contributed by atoms with Crippen LogP contribution in [0.1, 0.15) is 19.4 Å². The molecule has 0 aromatic heterocycles. The third-order valence-electron chi connectivity index (χ3n) is 2.42. The molecule has 5 heteroatoms. The van der Waals surface area contributed by atoms with Crippen LogP contribution in [-0.2, 0) is 9.59 Å². The molecule has 1 aromatic carbocycles. The van der Waals surface area contributed by atoms with E-state index in [1.54, 1.807) is 44.2 Å². The summed E-state index contributed by atoms with van der Waals surface area (Å²) < 4.78 is 0. The van der Waals surface area contributed by atoms with Gasteiger partial charge in [0, 0.05) is 11.8 Å². The summed E-state index contributed by atoms with van der Waals surface area (Å²) in [6, 6.07) is 7.06. The first kappa shape index (κ1) is 13.8. The van der Waals surface area contributed by atoms with Crippen LogP contribution in [0.4, 0.5) is 5.69 Å². The molecule has 1 aromatic rings. The van der Waals surface area contributed by atoms with Gasteiger partial charge in [-0.1, -0.05) is 12.1 Å². The quantitative estimate of drug-likeness (QED) is 0.538. The number of primary amides is 1. The summed E-state index contributed by atoms with van der Waals surface area (Å²) in [5.74, 6) is -0.965. The highest BCUT2D eigenvalue weighted by molar-refractivity contribution is 5.96. The second-order valence-electron chi connectivity index (χ2n) is 4.48. The molecular formula is C13H17N3O2. The molecule has 5 N–H and O–H groups in total. The Balaban J connectivity index is 2.65. The van der Waals surface area contributed by atoms with Crippen molar-refractivity contribution >= 4 is 23.6 Å². The Bertz CT molecular complexity index is 476. The van der Waals surface area contributed by atoms with Crippen LogP contribution in [0.2, 0.25) is 0 Å². The molecular weight excluding hydrogens is 230 g/mol. The van der Waals surface area contributed by atoms with Crippen molar-refractivity contribution in [3.05, 3.63) is 35.9 Å². The average molecular weight is 247 g/mol. The molecule has 1 rings (SSSR count). The average Bonchev–Trinajstić information content (AvgIpc) is 2.27. The molecule has 0 radical (unpaired) electrons. The van der Waals surface area contributed by atoms with Gasteiger partial charge in [0.15, 0.2) is 0 Å². The highest BCUT2D eigenvalue weighted by Crippen LogP contribution is 2.07. The molecule has 0 spiro atoms. The van der Waals surface area contributed by atoms with E-state index in [2.05, 4.69) is 5.32 Å². The molecule has 0 aliphatic heterocycles. The number of carbonyl (C=O) groups excluding carboxylic acids is 2. The summed E-state index contributed by atoms with van der Waals surface area (Å²) in [4.78, 5) is 22.6. The monoisotopic (exact) mass is 247 g/mol. The Morgan fingerprint density at radius 1 is 1.22 bits per heavy atom. The molecule has 2 amide bonds. The van der Waals surface area contributed by atoms with E-state index < -0.39 is 11.4 Å². The molecule has 0 aliphatic rings. The van der Waals surface area contributed by atoms with Gasteiger partial charge < -0.3 is 16.8 Å². The normalized spacial score (nSPS) is 11.4. The van der Waals surface area contributed by atoms with E-state index in [0.29, 0.717) is 5.69 Å². The lowest BCUT2D eigenvalue weighted by atomic mass is 10.1. The SMILES string of the molecule is CC(C)(NC(=O)/C=C/c1ccc(N)cc1)C(N)=O. The van der Waals surface area contributed by atoms with Gasteiger partial charge in [0.1, 0.15) is 5.54 Å². The Hall–Kier alpha value is -2.30. The van der Waals surface area contributed by atoms with Gasteiger partial charge in [-0.2, -0.15) is 0 Å². The lowest BCUT2D eigenvalue weighted by molar-refractivity contribution is -0.128. The smallest absolute Gasteiger partial charge is 0.244 e. The molecule has 0 heterocycles. The van der Waals surface area contributed by atoms with E-state index in [1.807, 2.05) is 0 Å². The van der Waals surface area contributed by atoms with Crippen molar-refractivity contribution in [3.63, 3.8) is 0 Å². The van der Waals surface area contributed by atoms with Gasteiger partial charge in [-0.05, 0) is 37.6 Å². The van der Waals surface area contributed by atoms with Gasteiger partial charge in [-0.3, -0.25) is 9.59 Å².